The summed E-state index contributed by atoms with van der Waals surface area (Å²) in [4.78, 5) is 11.0. The molecule has 2 N–H and O–H groups in total. The second-order valence-corrected chi connectivity index (χ2v) is 3.22. The number of carboxylic acid groups (broad SMARTS) is 1. The number of hydrogen-bond acceptors (Lipinski definition) is 3. The number of benzene rings is 1. The Morgan fingerprint density at radius 2 is 2.31 bits per heavy atom. The molecule has 4 heteroatoms. The molecule has 0 aromatic heterocycles. The van der Waals surface area contributed by atoms with Gasteiger partial charge in [0.25, 0.3) is 0 Å². The number of nitrogens with one attached hydrogen (secondary N) is 1. The third kappa shape index (κ3) is 3.10. The maximum Gasteiger partial charge on any atom is 0.336 e. The third-order valence-electron chi connectivity index (χ3n) is 2.11. The minimum absolute atomic E-state index is 0.271. The van der Waals surface area contributed by atoms with Crippen LogP contribution in [-0.4, -0.2) is 31.8 Å². The first-order chi connectivity index (χ1) is 7.69. The highest BCUT2D eigenvalue weighted by Crippen LogP contribution is 2.19. The van der Waals surface area contributed by atoms with Crippen molar-refractivity contribution < 1.29 is 14.6 Å². The molecule has 0 spiro atoms. The average Bonchev–Trinajstić information content (AvgIpc) is 2.29. The molecule has 0 aliphatic carbocycles. The molecular formula is C12H15NO3. The number of likely N-dealkylation sites (N-methyl/N-ethyl adjacent to an activating group) is 1. The Morgan fingerprint density at radius 3 is 2.88 bits per heavy atom. The predicted molar refractivity (Wildman–Crippen MR) is 62.9 cm³/mol. The summed E-state index contributed by atoms with van der Waals surface area (Å²) < 4.78 is 5.05. The van der Waals surface area contributed by atoms with Gasteiger partial charge in [0.15, 0.2) is 0 Å². The van der Waals surface area contributed by atoms with Gasteiger partial charge in [-0.05, 0) is 30.8 Å². The molecule has 86 valence electrons. The van der Waals surface area contributed by atoms with Gasteiger partial charge >= 0.3 is 5.97 Å². The molecule has 4 nitrogen and oxygen atoms in total. The summed E-state index contributed by atoms with van der Waals surface area (Å²) >= 11 is 0. The lowest BCUT2D eigenvalue weighted by Gasteiger charge is -2.04. The van der Waals surface area contributed by atoms with Crippen LogP contribution in [-0.2, 0) is 0 Å². The maximum absolute atomic E-state index is 11.0. The van der Waals surface area contributed by atoms with E-state index in [1.807, 2.05) is 13.1 Å². The van der Waals surface area contributed by atoms with Crippen molar-refractivity contribution in [1.29, 1.82) is 0 Å². The molecule has 0 fully saturated rings. The van der Waals surface area contributed by atoms with Gasteiger partial charge in [-0.2, -0.15) is 0 Å². The molecule has 0 saturated heterocycles. The fraction of sp³-hybridized carbons (Fsp3) is 0.250. The Bertz CT molecular complexity index is 399. The summed E-state index contributed by atoms with van der Waals surface area (Å²) in [5.74, 6) is -0.291. The van der Waals surface area contributed by atoms with E-state index < -0.39 is 5.97 Å². The number of carbonyl (C=O) groups is 1. The summed E-state index contributed by atoms with van der Waals surface area (Å²) in [7, 11) is 3.38. The van der Waals surface area contributed by atoms with Crippen LogP contribution in [0.3, 0.4) is 0 Å². The van der Waals surface area contributed by atoms with Crippen molar-refractivity contribution in [2.24, 2.45) is 0 Å². The van der Waals surface area contributed by atoms with Gasteiger partial charge in [-0.15, -0.1) is 0 Å². The van der Waals surface area contributed by atoms with E-state index in [0.717, 1.165) is 0 Å². The quantitative estimate of drug-likeness (QED) is 0.793. The lowest BCUT2D eigenvalue weighted by Crippen LogP contribution is -2.04. The van der Waals surface area contributed by atoms with Crippen molar-refractivity contribution in [2.75, 3.05) is 20.7 Å². The average molecular weight is 221 g/mol. The zero-order valence-electron chi connectivity index (χ0n) is 9.36. The van der Waals surface area contributed by atoms with Crippen molar-refractivity contribution in [2.45, 2.75) is 0 Å². The summed E-state index contributed by atoms with van der Waals surface area (Å²) in [6.45, 7) is 0.691. The van der Waals surface area contributed by atoms with Crippen LogP contribution in [0.4, 0.5) is 0 Å². The van der Waals surface area contributed by atoms with Crippen molar-refractivity contribution in [3.8, 4) is 5.75 Å². The van der Waals surface area contributed by atoms with Crippen LogP contribution >= 0.6 is 0 Å². The van der Waals surface area contributed by atoms with E-state index >= 15 is 0 Å². The van der Waals surface area contributed by atoms with E-state index in [1.165, 1.54) is 0 Å². The molecule has 1 aromatic carbocycles. The fourth-order valence-corrected chi connectivity index (χ4v) is 1.30. The Labute approximate surface area is 94.6 Å². The Balaban J connectivity index is 3.05. The molecule has 0 amide bonds. The van der Waals surface area contributed by atoms with Crippen LogP contribution in [0, 0.1) is 0 Å². The van der Waals surface area contributed by atoms with Gasteiger partial charge in [0.1, 0.15) is 5.75 Å². The van der Waals surface area contributed by atoms with Gasteiger partial charge < -0.3 is 15.2 Å². The summed E-state index contributed by atoms with van der Waals surface area (Å²) in [5.41, 5.74) is 0.912. The van der Waals surface area contributed by atoms with Gasteiger partial charge in [0.05, 0.1) is 12.7 Å². The molecule has 0 aliphatic heterocycles. The van der Waals surface area contributed by atoms with Crippen molar-refractivity contribution in [3.05, 3.63) is 35.4 Å². The SMILES string of the molecule is CNCC=Cc1cc(OC)ccc1C(=O)O. The third-order valence-corrected chi connectivity index (χ3v) is 2.11. The summed E-state index contributed by atoms with van der Waals surface area (Å²) in [5, 5.41) is 11.9. The Kier molecular flexibility index (Phi) is 4.54. The number of rotatable bonds is 5. The van der Waals surface area contributed by atoms with Crippen LogP contribution in [0.5, 0.6) is 5.75 Å². The minimum Gasteiger partial charge on any atom is -0.497 e. The molecule has 0 unspecified atom stereocenters. The number of methoxy groups -OCH3 is 1. The van der Waals surface area contributed by atoms with Crippen LogP contribution in [0.1, 0.15) is 15.9 Å². The van der Waals surface area contributed by atoms with Crippen LogP contribution in [0.2, 0.25) is 0 Å². The van der Waals surface area contributed by atoms with Crippen molar-refractivity contribution >= 4 is 12.0 Å². The van der Waals surface area contributed by atoms with Crippen LogP contribution in [0.15, 0.2) is 24.3 Å². The first kappa shape index (κ1) is 12.3. The number of hydrogen-bond donors (Lipinski definition) is 2. The summed E-state index contributed by atoms with van der Waals surface area (Å²) in [6.07, 6.45) is 3.63. The fourth-order valence-electron chi connectivity index (χ4n) is 1.30. The van der Waals surface area contributed by atoms with E-state index in [-0.39, 0.29) is 5.56 Å². The zero-order valence-corrected chi connectivity index (χ0v) is 9.36. The largest absolute Gasteiger partial charge is 0.497 e. The molecule has 0 saturated carbocycles. The molecule has 0 heterocycles. The Hall–Kier alpha value is -1.81. The lowest BCUT2D eigenvalue weighted by molar-refractivity contribution is 0.0696. The second-order valence-electron chi connectivity index (χ2n) is 3.22. The highest BCUT2D eigenvalue weighted by atomic mass is 16.5. The second kappa shape index (κ2) is 5.92. The van der Waals surface area contributed by atoms with E-state index in [2.05, 4.69) is 5.32 Å². The van der Waals surface area contributed by atoms with Gasteiger partial charge in [-0.3, -0.25) is 0 Å². The number of aromatic carboxylic acids is 1. The van der Waals surface area contributed by atoms with Crippen LogP contribution < -0.4 is 10.1 Å². The molecule has 0 radical (unpaired) electrons. The van der Waals surface area contributed by atoms with Gasteiger partial charge in [-0.1, -0.05) is 12.2 Å². The molecule has 0 aliphatic rings. The standard InChI is InChI=1S/C12H15NO3/c1-13-7-3-4-9-8-10(16-2)5-6-11(9)12(14)15/h3-6,8,13H,7H2,1-2H3,(H,14,15). The maximum atomic E-state index is 11.0. The van der Waals surface area contributed by atoms with Crippen LogP contribution in [0.25, 0.3) is 6.08 Å². The highest BCUT2D eigenvalue weighted by molar-refractivity contribution is 5.92. The lowest BCUT2D eigenvalue weighted by atomic mass is 10.1. The smallest absolute Gasteiger partial charge is 0.336 e. The molecule has 0 bridgehead atoms. The molecule has 1 rings (SSSR count). The van der Waals surface area contributed by atoms with E-state index in [4.69, 9.17) is 9.84 Å². The van der Waals surface area contributed by atoms with E-state index in [9.17, 15) is 4.79 Å². The van der Waals surface area contributed by atoms with Gasteiger partial charge in [0.2, 0.25) is 0 Å². The van der Waals surface area contributed by atoms with Gasteiger partial charge in [-0.25, -0.2) is 4.79 Å². The number of ether oxygens (including phenoxy) is 1. The van der Waals surface area contributed by atoms with Crippen molar-refractivity contribution in [3.63, 3.8) is 0 Å². The molecule has 1 aromatic rings. The minimum atomic E-state index is -0.938. The van der Waals surface area contributed by atoms with Gasteiger partial charge in [0, 0.05) is 6.54 Å². The monoisotopic (exact) mass is 221 g/mol. The summed E-state index contributed by atoms with van der Waals surface area (Å²) in [6, 6.07) is 4.88. The highest BCUT2D eigenvalue weighted by Gasteiger charge is 2.08. The first-order valence-corrected chi connectivity index (χ1v) is 4.91. The van der Waals surface area contributed by atoms with E-state index in [0.29, 0.717) is 17.9 Å². The zero-order chi connectivity index (χ0) is 12.0. The molecule has 16 heavy (non-hydrogen) atoms. The predicted octanol–water partition coefficient (Wildman–Crippen LogP) is 1.63. The Morgan fingerprint density at radius 1 is 1.56 bits per heavy atom. The molecular weight excluding hydrogens is 206 g/mol. The topological polar surface area (TPSA) is 58.6 Å². The first-order valence-electron chi connectivity index (χ1n) is 4.91. The van der Waals surface area contributed by atoms with E-state index in [1.54, 1.807) is 31.4 Å². The molecule has 0 atom stereocenters. The number of carboxylic acids is 1. The normalized spacial score (nSPS) is 10.6. The van der Waals surface area contributed by atoms with Crippen molar-refractivity contribution in [1.82, 2.24) is 5.32 Å².